The molecule has 0 atom stereocenters. The number of hydrogen-bond donors (Lipinski definition) is 1. The highest BCUT2D eigenvalue weighted by atomic mass is 32.2. The Bertz CT molecular complexity index is 674. The van der Waals surface area contributed by atoms with Crippen molar-refractivity contribution >= 4 is 19.9 Å². The lowest BCUT2D eigenvalue weighted by atomic mass is 10.4. The Labute approximate surface area is 124 Å². The van der Waals surface area contributed by atoms with Crippen LogP contribution in [0.25, 0.3) is 0 Å². The fraction of sp³-hybridized carbons (Fsp3) is 0.500. The predicted molar refractivity (Wildman–Crippen MR) is 78.8 cm³/mol. The number of halogens is 1. The van der Waals surface area contributed by atoms with Gasteiger partial charge in [-0.2, -0.15) is 0 Å². The van der Waals surface area contributed by atoms with Gasteiger partial charge >= 0.3 is 0 Å². The summed E-state index contributed by atoms with van der Waals surface area (Å²) in [5.41, 5.74) is 0. The summed E-state index contributed by atoms with van der Waals surface area (Å²) in [5, 5.41) is 0. The summed E-state index contributed by atoms with van der Waals surface area (Å²) < 4.78 is 61.5. The van der Waals surface area contributed by atoms with Crippen LogP contribution >= 0.6 is 0 Å². The Balaban J connectivity index is 2.50. The Morgan fingerprint density at radius 1 is 1.14 bits per heavy atom. The Kier molecular flexibility index (Phi) is 6.26. The minimum absolute atomic E-state index is 0.00354. The van der Waals surface area contributed by atoms with Crippen molar-refractivity contribution in [1.29, 1.82) is 0 Å². The molecule has 0 bridgehead atoms. The van der Waals surface area contributed by atoms with Crippen LogP contribution in [0.1, 0.15) is 0 Å². The maximum Gasteiger partial charge on any atom is 0.243 e. The molecule has 9 heteroatoms. The fourth-order valence-corrected chi connectivity index (χ4v) is 3.29. The molecule has 1 aromatic rings. The summed E-state index contributed by atoms with van der Waals surface area (Å²) in [4.78, 5) is 1.29. The number of sulfone groups is 1. The van der Waals surface area contributed by atoms with Crippen LogP contribution in [0.5, 0.6) is 0 Å². The van der Waals surface area contributed by atoms with E-state index in [2.05, 4.69) is 4.72 Å². The molecule has 1 aromatic carbocycles. The number of rotatable bonds is 8. The zero-order valence-corrected chi connectivity index (χ0v) is 13.5. The van der Waals surface area contributed by atoms with Gasteiger partial charge in [0.05, 0.1) is 5.75 Å². The molecule has 0 amide bonds. The summed E-state index contributed by atoms with van der Waals surface area (Å²) in [6.07, 6.45) is 1.14. The van der Waals surface area contributed by atoms with Gasteiger partial charge in [0.25, 0.3) is 0 Å². The monoisotopic (exact) mass is 338 g/mol. The summed E-state index contributed by atoms with van der Waals surface area (Å²) in [7, 11) is -5.27. The summed E-state index contributed by atoms with van der Waals surface area (Å²) in [6, 6.07) is 5.11. The molecule has 0 saturated heterocycles. The van der Waals surface area contributed by atoms with E-state index in [1.165, 1.54) is 18.2 Å². The predicted octanol–water partition coefficient (Wildman–Crippen LogP) is 0.0804. The summed E-state index contributed by atoms with van der Waals surface area (Å²) in [5.74, 6) is -0.806. The molecular formula is C12H19FN2O4S2. The van der Waals surface area contributed by atoms with E-state index in [-0.39, 0.29) is 12.3 Å². The third-order valence-electron chi connectivity index (χ3n) is 2.76. The third-order valence-corrected chi connectivity index (χ3v) is 5.17. The molecule has 0 aliphatic rings. The van der Waals surface area contributed by atoms with Crippen LogP contribution in [0.3, 0.4) is 0 Å². The highest BCUT2D eigenvalue weighted by Gasteiger charge is 2.17. The standard InChI is InChI=1S/C12H19FN2O4S2/c1-15(9-10-20(2,16)17)8-7-14-21(18,19)12-6-4-3-5-11(12)13/h3-6,14H,7-10H2,1-2H3. The van der Waals surface area contributed by atoms with Gasteiger partial charge in [-0.05, 0) is 19.2 Å². The second kappa shape index (κ2) is 7.30. The van der Waals surface area contributed by atoms with E-state index in [4.69, 9.17) is 0 Å². The second-order valence-corrected chi connectivity index (χ2v) is 8.76. The largest absolute Gasteiger partial charge is 0.304 e. The molecule has 0 aliphatic carbocycles. The van der Waals surface area contributed by atoms with E-state index in [0.717, 1.165) is 12.3 Å². The Morgan fingerprint density at radius 2 is 1.76 bits per heavy atom. The van der Waals surface area contributed by atoms with Crippen LogP contribution in [0.2, 0.25) is 0 Å². The first kappa shape index (κ1) is 18.0. The molecule has 1 N–H and O–H groups in total. The van der Waals surface area contributed by atoms with Gasteiger partial charge in [-0.25, -0.2) is 25.9 Å². The van der Waals surface area contributed by atoms with E-state index in [0.29, 0.717) is 13.1 Å². The summed E-state index contributed by atoms with van der Waals surface area (Å²) in [6.45, 7) is 0.695. The van der Waals surface area contributed by atoms with E-state index in [1.807, 2.05) is 0 Å². The lowest BCUT2D eigenvalue weighted by Crippen LogP contribution is -2.35. The van der Waals surface area contributed by atoms with Gasteiger partial charge in [-0.15, -0.1) is 0 Å². The quantitative estimate of drug-likeness (QED) is 0.726. The van der Waals surface area contributed by atoms with Gasteiger partial charge < -0.3 is 4.90 Å². The molecule has 0 unspecified atom stereocenters. The molecule has 0 aromatic heterocycles. The first-order valence-electron chi connectivity index (χ1n) is 6.22. The number of nitrogens with zero attached hydrogens (tertiary/aromatic N) is 1. The normalized spacial score (nSPS) is 12.8. The van der Waals surface area contributed by atoms with Crippen molar-refractivity contribution in [3.8, 4) is 0 Å². The maximum absolute atomic E-state index is 13.4. The molecule has 0 saturated carbocycles. The lowest BCUT2D eigenvalue weighted by Gasteiger charge is -2.16. The van der Waals surface area contributed by atoms with Gasteiger partial charge in [0.2, 0.25) is 10.0 Å². The van der Waals surface area contributed by atoms with Crippen molar-refractivity contribution in [3.63, 3.8) is 0 Å². The number of sulfonamides is 1. The molecule has 6 nitrogen and oxygen atoms in total. The molecule has 120 valence electrons. The van der Waals surface area contributed by atoms with E-state index in [1.54, 1.807) is 11.9 Å². The highest BCUT2D eigenvalue weighted by molar-refractivity contribution is 7.90. The van der Waals surface area contributed by atoms with Crippen LogP contribution in [0, 0.1) is 5.82 Å². The van der Waals surface area contributed by atoms with Crippen LogP contribution in [-0.4, -0.2) is 60.4 Å². The molecule has 0 radical (unpaired) electrons. The molecule has 21 heavy (non-hydrogen) atoms. The number of nitrogens with one attached hydrogen (secondary N) is 1. The van der Waals surface area contributed by atoms with Crippen molar-refractivity contribution < 1.29 is 21.2 Å². The van der Waals surface area contributed by atoms with Crippen molar-refractivity contribution in [3.05, 3.63) is 30.1 Å². The number of likely N-dealkylation sites (N-methyl/N-ethyl adjacent to an activating group) is 1. The van der Waals surface area contributed by atoms with E-state index >= 15 is 0 Å². The molecule has 0 spiro atoms. The lowest BCUT2D eigenvalue weighted by molar-refractivity contribution is 0.358. The summed E-state index contributed by atoms with van der Waals surface area (Å²) >= 11 is 0. The average molecular weight is 338 g/mol. The van der Waals surface area contributed by atoms with Gasteiger partial charge in [0.15, 0.2) is 0 Å². The van der Waals surface area contributed by atoms with Crippen LogP contribution in [0.4, 0.5) is 4.39 Å². The maximum atomic E-state index is 13.4. The van der Waals surface area contributed by atoms with Crippen LogP contribution < -0.4 is 4.72 Å². The van der Waals surface area contributed by atoms with Crippen molar-refractivity contribution in [2.45, 2.75) is 4.90 Å². The fourth-order valence-electron chi connectivity index (χ4n) is 1.54. The second-order valence-electron chi connectivity index (χ2n) is 4.76. The van der Waals surface area contributed by atoms with E-state index in [9.17, 15) is 21.2 Å². The van der Waals surface area contributed by atoms with E-state index < -0.39 is 30.6 Å². The van der Waals surface area contributed by atoms with Gasteiger partial charge in [-0.1, -0.05) is 12.1 Å². The smallest absolute Gasteiger partial charge is 0.243 e. The zero-order chi connectivity index (χ0) is 16.1. The van der Waals surface area contributed by atoms with Gasteiger partial charge in [0, 0.05) is 25.9 Å². The van der Waals surface area contributed by atoms with Crippen LogP contribution in [0.15, 0.2) is 29.2 Å². The van der Waals surface area contributed by atoms with Crippen LogP contribution in [-0.2, 0) is 19.9 Å². The Hall–Kier alpha value is -1.03. The van der Waals surface area contributed by atoms with Gasteiger partial charge in [-0.3, -0.25) is 0 Å². The molecule has 0 fully saturated rings. The SMILES string of the molecule is CN(CCNS(=O)(=O)c1ccccc1F)CCS(C)(=O)=O. The molecule has 0 heterocycles. The first-order chi connectivity index (χ1) is 9.62. The first-order valence-corrected chi connectivity index (χ1v) is 9.77. The molecular weight excluding hydrogens is 319 g/mol. The van der Waals surface area contributed by atoms with Gasteiger partial charge in [0.1, 0.15) is 20.5 Å². The highest BCUT2D eigenvalue weighted by Crippen LogP contribution is 2.12. The molecule has 1 rings (SSSR count). The van der Waals surface area contributed by atoms with Crippen molar-refractivity contribution in [2.75, 3.05) is 38.7 Å². The molecule has 0 aliphatic heterocycles. The minimum atomic E-state index is -3.90. The number of hydrogen-bond acceptors (Lipinski definition) is 5. The third kappa shape index (κ3) is 6.51. The Morgan fingerprint density at radius 3 is 2.33 bits per heavy atom. The topological polar surface area (TPSA) is 83.6 Å². The van der Waals surface area contributed by atoms with Crippen molar-refractivity contribution in [1.82, 2.24) is 9.62 Å². The minimum Gasteiger partial charge on any atom is -0.304 e. The van der Waals surface area contributed by atoms with Crippen molar-refractivity contribution in [2.24, 2.45) is 0 Å². The zero-order valence-electron chi connectivity index (χ0n) is 11.9. The average Bonchev–Trinajstić information content (AvgIpc) is 2.35. The number of benzene rings is 1.